The van der Waals surface area contributed by atoms with Crippen LogP contribution in [0.25, 0.3) is 0 Å². The minimum absolute atomic E-state index is 0.250. The number of nitrogens with one attached hydrogen (secondary N) is 2. The molecule has 0 aliphatic heterocycles. The first-order chi connectivity index (χ1) is 21.6. The lowest BCUT2D eigenvalue weighted by Crippen LogP contribution is -2.65. The maximum absolute atomic E-state index is 14.2. The van der Waals surface area contributed by atoms with Crippen molar-refractivity contribution < 1.29 is 18.4 Å². The standard InChI is InChI=1S/C35H44N6O4/c1-35(41(25-31-11-9-23-45-31)34(43)37-27-15-19-29(20-16-27)39(4)5)21-7-6-12-32(35)40(24-30-10-8-22-44-30)33(42)36-26-13-17-28(18-14-26)38(2)3/h8-11,13-20,22-23,32H,6-7,12,21,24-25H2,1-5H3,(H,36,42)(H,37,43). The molecule has 2 atom stereocenters. The van der Waals surface area contributed by atoms with Crippen molar-refractivity contribution in [2.75, 3.05) is 48.6 Å². The number of nitrogens with zero attached hydrogens (tertiary/aromatic N) is 4. The van der Waals surface area contributed by atoms with Gasteiger partial charge in [-0.1, -0.05) is 12.8 Å². The smallest absolute Gasteiger partial charge is 0.322 e. The van der Waals surface area contributed by atoms with Gasteiger partial charge in [-0.3, -0.25) is 0 Å². The Hall–Kier alpha value is -4.86. The molecule has 0 radical (unpaired) electrons. The number of hydrogen-bond acceptors (Lipinski definition) is 6. The molecule has 0 bridgehead atoms. The van der Waals surface area contributed by atoms with Crippen molar-refractivity contribution in [3.8, 4) is 0 Å². The summed E-state index contributed by atoms with van der Waals surface area (Å²) >= 11 is 0. The predicted molar refractivity (Wildman–Crippen MR) is 179 cm³/mol. The minimum atomic E-state index is -0.725. The molecule has 10 nitrogen and oxygen atoms in total. The first kappa shape index (κ1) is 31.6. The van der Waals surface area contributed by atoms with Crippen LogP contribution < -0.4 is 20.4 Å². The van der Waals surface area contributed by atoms with Gasteiger partial charge in [-0.15, -0.1) is 0 Å². The zero-order chi connectivity index (χ0) is 32.0. The average molecular weight is 613 g/mol. The molecule has 2 aromatic carbocycles. The van der Waals surface area contributed by atoms with E-state index in [0.717, 1.165) is 30.6 Å². The number of benzene rings is 2. The topological polar surface area (TPSA) is 97.4 Å². The fourth-order valence-corrected chi connectivity index (χ4v) is 6.11. The van der Waals surface area contributed by atoms with Crippen LogP contribution in [0.3, 0.4) is 0 Å². The van der Waals surface area contributed by atoms with Gasteiger partial charge in [0.25, 0.3) is 0 Å². The molecule has 2 aromatic heterocycles. The molecule has 1 saturated carbocycles. The molecule has 1 aliphatic rings. The van der Waals surface area contributed by atoms with Crippen LogP contribution >= 0.6 is 0 Å². The summed E-state index contributed by atoms with van der Waals surface area (Å²) in [6.45, 7) is 2.60. The Labute approximate surface area is 265 Å². The number of carbonyl (C=O) groups is 2. The van der Waals surface area contributed by atoms with Crippen molar-refractivity contribution >= 4 is 34.8 Å². The molecule has 4 aromatic rings. The molecular formula is C35H44N6O4. The van der Waals surface area contributed by atoms with Crippen LogP contribution in [-0.4, -0.2) is 61.6 Å². The summed E-state index contributed by atoms with van der Waals surface area (Å²) in [5.41, 5.74) is 2.74. The van der Waals surface area contributed by atoms with Crippen LogP contribution in [0, 0.1) is 0 Å². The number of rotatable bonds is 10. The van der Waals surface area contributed by atoms with Gasteiger partial charge in [0.05, 0.1) is 37.2 Å². The fourth-order valence-electron chi connectivity index (χ4n) is 6.11. The maximum atomic E-state index is 14.2. The summed E-state index contributed by atoms with van der Waals surface area (Å²) < 4.78 is 11.5. The van der Waals surface area contributed by atoms with Crippen molar-refractivity contribution in [3.63, 3.8) is 0 Å². The van der Waals surface area contributed by atoms with Gasteiger partial charge in [0.2, 0.25) is 0 Å². The number of hydrogen-bond donors (Lipinski definition) is 2. The molecule has 10 heteroatoms. The third-order valence-electron chi connectivity index (χ3n) is 8.70. The van der Waals surface area contributed by atoms with Gasteiger partial charge in [-0.2, -0.15) is 0 Å². The lowest BCUT2D eigenvalue weighted by atomic mass is 9.76. The molecule has 0 saturated heterocycles. The summed E-state index contributed by atoms with van der Waals surface area (Å²) in [6.07, 6.45) is 6.53. The number of carbonyl (C=O) groups excluding carboxylic acids is 2. The van der Waals surface area contributed by atoms with E-state index in [4.69, 9.17) is 8.83 Å². The molecule has 2 heterocycles. The van der Waals surface area contributed by atoms with E-state index in [-0.39, 0.29) is 31.2 Å². The second-order valence-corrected chi connectivity index (χ2v) is 12.2. The Bertz CT molecular complexity index is 1520. The normalized spacial score (nSPS) is 17.8. The zero-order valence-corrected chi connectivity index (χ0v) is 26.8. The Morgan fingerprint density at radius 1 is 0.733 bits per heavy atom. The van der Waals surface area contributed by atoms with E-state index in [9.17, 15) is 9.59 Å². The summed E-state index contributed by atoms with van der Waals surface area (Å²) in [7, 11) is 7.91. The van der Waals surface area contributed by atoms with E-state index in [2.05, 4.69) is 17.6 Å². The third-order valence-corrected chi connectivity index (χ3v) is 8.70. The highest BCUT2D eigenvalue weighted by Crippen LogP contribution is 2.39. The average Bonchev–Trinajstić information content (AvgIpc) is 3.74. The van der Waals surface area contributed by atoms with Crippen LogP contribution in [0.5, 0.6) is 0 Å². The van der Waals surface area contributed by atoms with Crippen LogP contribution in [0.2, 0.25) is 0 Å². The number of amides is 4. The van der Waals surface area contributed by atoms with Gasteiger partial charge in [0, 0.05) is 50.9 Å². The number of anilines is 4. The van der Waals surface area contributed by atoms with E-state index < -0.39 is 5.54 Å². The second-order valence-electron chi connectivity index (χ2n) is 12.2. The monoisotopic (exact) mass is 612 g/mol. The Kier molecular flexibility index (Phi) is 9.71. The van der Waals surface area contributed by atoms with E-state index in [1.165, 1.54) is 0 Å². The molecular weight excluding hydrogens is 568 g/mol. The molecule has 1 fully saturated rings. The minimum Gasteiger partial charge on any atom is -0.467 e. The maximum Gasteiger partial charge on any atom is 0.322 e. The van der Waals surface area contributed by atoms with Crippen molar-refractivity contribution in [2.45, 2.75) is 57.3 Å². The van der Waals surface area contributed by atoms with Crippen LogP contribution in [0.1, 0.15) is 44.1 Å². The highest BCUT2D eigenvalue weighted by molar-refractivity contribution is 5.91. The molecule has 1 aliphatic carbocycles. The van der Waals surface area contributed by atoms with Crippen LogP contribution in [0.4, 0.5) is 32.3 Å². The van der Waals surface area contributed by atoms with E-state index >= 15 is 0 Å². The molecule has 238 valence electrons. The zero-order valence-electron chi connectivity index (χ0n) is 26.8. The van der Waals surface area contributed by atoms with Crippen molar-refractivity contribution in [1.82, 2.24) is 9.80 Å². The summed E-state index contributed by atoms with van der Waals surface area (Å²) in [5.74, 6) is 1.34. The van der Waals surface area contributed by atoms with Gasteiger partial charge in [0.15, 0.2) is 0 Å². The van der Waals surface area contributed by atoms with E-state index in [1.54, 1.807) is 12.5 Å². The van der Waals surface area contributed by atoms with Gasteiger partial charge in [-0.25, -0.2) is 9.59 Å². The molecule has 2 unspecified atom stereocenters. The predicted octanol–water partition coefficient (Wildman–Crippen LogP) is 7.47. The number of furan rings is 2. The summed E-state index contributed by atoms with van der Waals surface area (Å²) in [5, 5.41) is 6.23. The van der Waals surface area contributed by atoms with Gasteiger partial charge in [0.1, 0.15) is 11.5 Å². The fraction of sp³-hybridized carbons (Fsp3) is 0.371. The number of urea groups is 2. The molecule has 5 rings (SSSR count). The SMILES string of the molecule is CN(C)c1ccc(NC(=O)N(Cc2ccco2)C2CCCCC2(C)N(Cc2ccco2)C(=O)Nc2ccc(N(C)C)cc2)cc1. The molecule has 2 N–H and O–H groups in total. The van der Waals surface area contributed by atoms with Crippen LogP contribution in [0.15, 0.2) is 94.2 Å². The summed E-state index contributed by atoms with van der Waals surface area (Å²) in [6, 6.07) is 22.1. The molecule has 0 spiro atoms. The second kappa shape index (κ2) is 13.8. The molecule has 45 heavy (non-hydrogen) atoms. The largest absolute Gasteiger partial charge is 0.467 e. The molecule has 4 amide bonds. The lowest BCUT2D eigenvalue weighted by Gasteiger charge is -2.52. The summed E-state index contributed by atoms with van der Waals surface area (Å²) in [4.78, 5) is 36.1. The van der Waals surface area contributed by atoms with Crippen molar-refractivity contribution in [3.05, 3.63) is 96.8 Å². The van der Waals surface area contributed by atoms with Crippen LogP contribution in [-0.2, 0) is 13.1 Å². The first-order valence-corrected chi connectivity index (χ1v) is 15.4. The lowest BCUT2D eigenvalue weighted by molar-refractivity contribution is 0.0106. The Balaban J connectivity index is 1.47. The van der Waals surface area contributed by atoms with Crippen molar-refractivity contribution in [2.24, 2.45) is 0 Å². The van der Waals surface area contributed by atoms with E-state index in [1.807, 2.05) is 121 Å². The van der Waals surface area contributed by atoms with Gasteiger partial charge < -0.3 is 39.1 Å². The highest BCUT2D eigenvalue weighted by atomic mass is 16.3. The van der Waals surface area contributed by atoms with Gasteiger partial charge >= 0.3 is 12.1 Å². The Morgan fingerprint density at radius 3 is 1.73 bits per heavy atom. The van der Waals surface area contributed by atoms with E-state index in [0.29, 0.717) is 29.3 Å². The first-order valence-electron chi connectivity index (χ1n) is 15.4. The van der Waals surface area contributed by atoms with Crippen molar-refractivity contribution in [1.29, 1.82) is 0 Å². The third kappa shape index (κ3) is 7.45. The highest BCUT2D eigenvalue weighted by Gasteiger charge is 2.48. The van der Waals surface area contributed by atoms with Gasteiger partial charge in [-0.05, 0) is 92.6 Å². The quantitative estimate of drug-likeness (QED) is 0.193. The Morgan fingerprint density at radius 2 is 1.24 bits per heavy atom.